The summed E-state index contributed by atoms with van der Waals surface area (Å²) >= 11 is 0. The normalized spacial score (nSPS) is 12.1. The standard InChI is InChI=1S/C30H16.C2H6/c1-2-6-19-16-27-25-14-12-23-21-10-4-8-17-7-3-9-20(28(17)21)22-11-13-24(30(25)29(22)23)26(27)15-18(19)5-1;1-2/h1-16H;1-2H3. The van der Waals surface area contributed by atoms with Gasteiger partial charge in [0.05, 0.1) is 0 Å². The molecular weight excluding hydrogens is 384 g/mol. The Kier molecular flexibility index (Phi) is 3.50. The molecule has 0 amide bonds. The average molecular weight is 407 g/mol. The van der Waals surface area contributed by atoms with Crippen LogP contribution in [0.3, 0.4) is 0 Å². The van der Waals surface area contributed by atoms with Gasteiger partial charge in [0.25, 0.3) is 0 Å². The zero-order valence-electron chi connectivity index (χ0n) is 18.2. The number of hydrogen-bond donors (Lipinski definition) is 0. The van der Waals surface area contributed by atoms with Gasteiger partial charge in [0.1, 0.15) is 0 Å². The van der Waals surface area contributed by atoms with Crippen molar-refractivity contribution < 1.29 is 0 Å². The molecule has 0 radical (unpaired) electrons. The molecule has 0 nitrogen and oxygen atoms in total. The fourth-order valence-corrected chi connectivity index (χ4v) is 5.87. The maximum Gasteiger partial charge on any atom is -0.00139 e. The fourth-order valence-electron chi connectivity index (χ4n) is 5.87. The van der Waals surface area contributed by atoms with E-state index in [2.05, 4.69) is 97.1 Å². The highest BCUT2D eigenvalue weighted by Gasteiger charge is 2.25. The van der Waals surface area contributed by atoms with E-state index in [1.165, 1.54) is 76.1 Å². The predicted molar refractivity (Wildman–Crippen MR) is 141 cm³/mol. The van der Waals surface area contributed by atoms with E-state index >= 15 is 0 Å². The molecule has 0 saturated carbocycles. The SMILES string of the molecule is CC.c1ccc2cc3c(cc2c1)-c1ccc2c4cccc5cccc(c6ccc-3c1c26)c54. The minimum atomic E-state index is 1.31. The van der Waals surface area contributed by atoms with Crippen molar-refractivity contribution in [1.29, 1.82) is 0 Å². The Morgan fingerprint density at radius 3 is 1.34 bits per heavy atom. The number of hydrogen-bond acceptors (Lipinski definition) is 0. The lowest BCUT2D eigenvalue weighted by molar-refractivity contribution is 1.50. The van der Waals surface area contributed by atoms with E-state index in [4.69, 9.17) is 0 Å². The Labute approximate surface area is 187 Å². The van der Waals surface area contributed by atoms with Crippen molar-refractivity contribution in [2.75, 3.05) is 0 Å². The van der Waals surface area contributed by atoms with Crippen LogP contribution in [-0.4, -0.2) is 0 Å². The molecule has 0 unspecified atom stereocenters. The molecule has 7 aromatic rings. The summed E-state index contributed by atoms with van der Waals surface area (Å²) in [4.78, 5) is 0. The number of fused-ring (bicyclic) bond motifs is 6. The third-order valence-electron chi connectivity index (χ3n) is 7.11. The lowest BCUT2D eigenvalue weighted by Crippen LogP contribution is -1.87. The first kappa shape index (κ1) is 17.7. The summed E-state index contributed by atoms with van der Waals surface area (Å²) < 4.78 is 0. The molecule has 0 spiro atoms. The van der Waals surface area contributed by atoms with Crippen LogP contribution in [0.15, 0.2) is 97.1 Å². The van der Waals surface area contributed by atoms with Gasteiger partial charge in [-0.2, -0.15) is 0 Å². The van der Waals surface area contributed by atoms with E-state index in [1.54, 1.807) is 0 Å². The first-order chi connectivity index (χ1) is 15.9. The van der Waals surface area contributed by atoms with Gasteiger partial charge >= 0.3 is 0 Å². The monoisotopic (exact) mass is 406 g/mol. The third-order valence-corrected chi connectivity index (χ3v) is 7.11. The molecule has 1 aliphatic carbocycles. The Morgan fingerprint density at radius 1 is 0.344 bits per heavy atom. The van der Waals surface area contributed by atoms with E-state index in [1.807, 2.05) is 13.8 Å². The van der Waals surface area contributed by atoms with Crippen LogP contribution in [0.4, 0.5) is 0 Å². The van der Waals surface area contributed by atoms with Crippen LogP contribution in [0.2, 0.25) is 0 Å². The molecule has 0 atom stereocenters. The Hall–Kier alpha value is -3.90. The van der Waals surface area contributed by atoms with Crippen molar-refractivity contribution in [3.05, 3.63) is 97.1 Å². The summed E-state index contributed by atoms with van der Waals surface area (Å²) in [6, 6.07) is 36.2. The molecule has 0 heteroatoms. The van der Waals surface area contributed by atoms with Crippen molar-refractivity contribution in [1.82, 2.24) is 0 Å². The van der Waals surface area contributed by atoms with Crippen molar-refractivity contribution in [2.24, 2.45) is 0 Å². The molecule has 0 bridgehead atoms. The van der Waals surface area contributed by atoms with Crippen LogP contribution in [0.5, 0.6) is 0 Å². The zero-order valence-corrected chi connectivity index (χ0v) is 18.2. The van der Waals surface area contributed by atoms with Gasteiger partial charge in [0.2, 0.25) is 0 Å². The quantitative estimate of drug-likeness (QED) is 0.174. The summed E-state index contributed by atoms with van der Waals surface area (Å²) in [6.07, 6.45) is 0. The Bertz CT molecular complexity index is 1710. The smallest absolute Gasteiger partial charge is 0.00139 e. The van der Waals surface area contributed by atoms with Crippen molar-refractivity contribution >= 4 is 53.9 Å². The fraction of sp³-hybridized carbons (Fsp3) is 0.0625. The van der Waals surface area contributed by atoms with Crippen LogP contribution >= 0.6 is 0 Å². The van der Waals surface area contributed by atoms with Crippen molar-refractivity contribution in [3.63, 3.8) is 0 Å². The summed E-state index contributed by atoms with van der Waals surface area (Å²) in [5, 5.41) is 13.6. The van der Waals surface area contributed by atoms with E-state index < -0.39 is 0 Å². The van der Waals surface area contributed by atoms with Gasteiger partial charge in [-0.05, 0) is 88.2 Å². The molecule has 0 fully saturated rings. The van der Waals surface area contributed by atoms with E-state index in [0.29, 0.717) is 0 Å². The molecule has 8 rings (SSSR count). The first-order valence-electron chi connectivity index (χ1n) is 11.5. The van der Waals surface area contributed by atoms with Gasteiger partial charge in [-0.15, -0.1) is 0 Å². The lowest BCUT2D eigenvalue weighted by atomic mass is 9.88. The second-order valence-corrected chi connectivity index (χ2v) is 8.53. The van der Waals surface area contributed by atoms with Crippen LogP contribution in [0, 0.1) is 0 Å². The average Bonchev–Trinajstić information content (AvgIpc) is 3.18. The van der Waals surface area contributed by atoms with E-state index in [-0.39, 0.29) is 0 Å². The third kappa shape index (κ3) is 2.07. The minimum Gasteiger partial charge on any atom is -0.0683 e. The molecule has 32 heavy (non-hydrogen) atoms. The van der Waals surface area contributed by atoms with E-state index in [9.17, 15) is 0 Å². The molecular formula is C32H22. The summed E-state index contributed by atoms with van der Waals surface area (Å²) in [5.41, 5.74) is 5.48. The van der Waals surface area contributed by atoms with Gasteiger partial charge in [-0.1, -0.05) is 98.8 Å². The van der Waals surface area contributed by atoms with Crippen LogP contribution in [0.25, 0.3) is 76.1 Å². The summed E-state index contributed by atoms with van der Waals surface area (Å²) in [6.45, 7) is 4.00. The lowest BCUT2D eigenvalue weighted by Gasteiger charge is -2.15. The molecule has 7 aromatic carbocycles. The molecule has 0 N–H and O–H groups in total. The van der Waals surface area contributed by atoms with Gasteiger partial charge in [-0.3, -0.25) is 0 Å². The highest BCUT2D eigenvalue weighted by atomic mass is 14.3. The maximum absolute atomic E-state index is 2.37. The van der Waals surface area contributed by atoms with Crippen LogP contribution in [-0.2, 0) is 0 Å². The molecule has 150 valence electrons. The topological polar surface area (TPSA) is 0 Å². The van der Waals surface area contributed by atoms with Gasteiger partial charge in [0, 0.05) is 0 Å². The molecule has 0 saturated heterocycles. The van der Waals surface area contributed by atoms with Gasteiger partial charge in [-0.25, -0.2) is 0 Å². The van der Waals surface area contributed by atoms with Gasteiger partial charge < -0.3 is 0 Å². The van der Waals surface area contributed by atoms with Crippen LogP contribution < -0.4 is 0 Å². The predicted octanol–water partition coefficient (Wildman–Crippen LogP) is 9.56. The largest absolute Gasteiger partial charge is 0.0683 e. The highest BCUT2D eigenvalue weighted by molar-refractivity contribution is 6.37. The van der Waals surface area contributed by atoms with Gasteiger partial charge in [0.15, 0.2) is 0 Å². The second-order valence-electron chi connectivity index (χ2n) is 8.53. The Morgan fingerprint density at radius 2 is 0.812 bits per heavy atom. The van der Waals surface area contributed by atoms with Crippen LogP contribution in [0.1, 0.15) is 13.8 Å². The minimum absolute atomic E-state index is 1.31. The Balaban J connectivity index is 0.000000880. The van der Waals surface area contributed by atoms with Crippen molar-refractivity contribution in [3.8, 4) is 22.3 Å². The second kappa shape index (κ2) is 6.31. The number of rotatable bonds is 0. The summed E-state index contributed by atoms with van der Waals surface area (Å²) in [7, 11) is 0. The number of benzene rings is 7. The van der Waals surface area contributed by atoms with Crippen molar-refractivity contribution in [2.45, 2.75) is 13.8 Å². The molecule has 0 heterocycles. The highest BCUT2D eigenvalue weighted by Crippen LogP contribution is 2.52. The molecule has 1 aliphatic rings. The summed E-state index contributed by atoms with van der Waals surface area (Å²) in [5.74, 6) is 0. The molecule has 0 aliphatic heterocycles. The zero-order chi connectivity index (χ0) is 21.4. The first-order valence-corrected chi connectivity index (χ1v) is 11.5. The van der Waals surface area contributed by atoms with E-state index in [0.717, 1.165) is 0 Å². The maximum atomic E-state index is 2.37. The molecule has 0 aromatic heterocycles.